The van der Waals surface area contributed by atoms with Crippen molar-refractivity contribution in [3.63, 3.8) is 0 Å². The standard InChI is InChI=1S/C22H22FN3O2S/c1-13-7-9-15(10-8-13)20-18(29-14(2)25-20)12-19(27)26(3)21(22(24)28)16-5-4-6-17(23)11-16/h4-11,21H,12H2,1-3H3,(H2,24,28). The van der Waals surface area contributed by atoms with Gasteiger partial charge in [0.05, 0.1) is 17.1 Å². The van der Waals surface area contributed by atoms with Crippen LogP contribution in [-0.4, -0.2) is 28.7 Å². The normalized spacial score (nSPS) is 11.9. The summed E-state index contributed by atoms with van der Waals surface area (Å²) in [7, 11) is 1.50. The second-order valence-corrected chi connectivity index (χ2v) is 8.20. The van der Waals surface area contributed by atoms with Crippen molar-refractivity contribution < 1.29 is 14.0 Å². The van der Waals surface area contributed by atoms with E-state index in [0.29, 0.717) is 5.56 Å². The van der Waals surface area contributed by atoms with E-state index in [9.17, 15) is 14.0 Å². The molecule has 0 spiro atoms. The molecule has 0 bridgehead atoms. The summed E-state index contributed by atoms with van der Waals surface area (Å²) in [6.45, 7) is 3.89. The van der Waals surface area contributed by atoms with Crippen molar-refractivity contribution in [3.8, 4) is 11.3 Å². The summed E-state index contributed by atoms with van der Waals surface area (Å²) in [5.74, 6) is -1.50. The summed E-state index contributed by atoms with van der Waals surface area (Å²) in [6, 6.07) is 12.4. The van der Waals surface area contributed by atoms with Gasteiger partial charge in [0.2, 0.25) is 11.8 Å². The van der Waals surface area contributed by atoms with Gasteiger partial charge in [0.1, 0.15) is 11.9 Å². The molecule has 7 heteroatoms. The molecular formula is C22H22FN3O2S. The van der Waals surface area contributed by atoms with Crippen molar-refractivity contribution in [2.75, 3.05) is 7.05 Å². The van der Waals surface area contributed by atoms with Crippen LogP contribution in [0.1, 0.15) is 27.1 Å². The Balaban J connectivity index is 1.87. The van der Waals surface area contributed by atoms with Crippen LogP contribution in [0.15, 0.2) is 48.5 Å². The third-order valence-corrected chi connectivity index (χ3v) is 5.63. The molecule has 2 N–H and O–H groups in total. The lowest BCUT2D eigenvalue weighted by Crippen LogP contribution is -2.39. The summed E-state index contributed by atoms with van der Waals surface area (Å²) >= 11 is 1.44. The van der Waals surface area contributed by atoms with Gasteiger partial charge < -0.3 is 10.6 Å². The minimum atomic E-state index is -1.05. The average Bonchev–Trinajstić information content (AvgIpc) is 3.02. The predicted molar refractivity (Wildman–Crippen MR) is 112 cm³/mol. The predicted octanol–water partition coefficient (Wildman–Crippen LogP) is 3.79. The van der Waals surface area contributed by atoms with E-state index in [1.165, 1.54) is 41.5 Å². The number of halogens is 1. The van der Waals surface area contributed by atoms with Gasteiger partial charge in [-0.2, -0.15) is 0 Å². The van der Waals surface area contributed by atoms with Crippen LogP contribution in [0.25, 0.3) is 11.3 Å². The van der Waals surface area contributed by atoms with Gasteiger partial charge in [-0.05, 0) is 31.5 Å². The van der Waals surface area contributed by atoms with Crippen LogP contribution in [0.5, 0.6) is 0 Å². The van der Waals surface area contributed by atoms with E-state index in [0.717, 1.165) is 26.7 Å². The van der Waals surface area contributed by atoms with E-state index < -0.39 is 17.8 Å². The van der Waals surface area contributed by atoms with Gasteiger partial charge in [0.15, 0.2) is 0 Å². The van der Waals surface area contributed by atoms with Gasteiger partial charge in [-0.3, -0.25) is 9.59 Å². The number of likely N-dealkylation sites (N-methyl/N-ethyl adjacent to an activating group) is 1. The Morgan fingerprint density at radius 3 is 2.48 bits per heavy atom. The molecule has 1 heterocycles. The molecule has 0 aliphatic rings. The Hall–Kier alpha value is -3.06. The van der Waals surface area contributed by atoms with Gasteiger partial charge in [-0.15, -0.1) is 11.3 Å². The smallest absolute Gasteiger partial charge is 0.244 e. The molecule has 0 aliphatic heterocycles. The maximum Gasteiger partial charge on any atom is 0.244 e. The summed E-state index contributed by atoms with van der Waals surface area (Å²) in [4.78, 5) is 31.7. The van der Waals surface area contributed by atoms with Crippen LogP contribution >= 0.6 is 11.3 Å². The molecule has 0 saturated heterocycles. The molecule has 0 saturated carbocycles. The van der Waals surface area contributed by atoms with E-state index in [2.05, 4.69) is 4.98 Å². The monoisotopic (exact) mass is 411 g/mol. The van der Waals surface area contributed by atoms with Crippen LogP contribution < -0.4 is 5.73 Å². The highest BCUT2D eigenvalue weighted by Crippen LogP contribution is 2.30. The first-order chi connectivity index (χ1) is 13.8. The molecule has 29 heavy (non-hydrogen) atoms. The zero-order valence-corrected chi connectivity index (χ0v) is 17.3. The molecule has 0 fully saturated rings. The molecular weight excluding hydrogens is 389 g/mol. The minimum Gasteiger partial charge on any atom is -0.368 e. The highest BCUT2D eigenvalue weighted by atomic mass is 32.1. The van der Waals surface area contributed by atoms with Gasteiger partial charge in [0.25, 0.3) is 0 Å². The first kappa shape index (κ1) is 20.7. The van der Waals surface area contributed by atoms with E-state index in [-0.39, 0.29) is 12.3 Å². The number of aromatic nitrogens is 1. The Morgan fingerprint density at radius 2 is 1.86 bits per heavy atom. The lowest BCUT2D eigenvalue weighted by molar-refractivity contribution is -0.137. The molecule has 0 radical (unpaired) electrons. The number of aryl methyl sites for hydroxylation is 2. The van der Waals surface area contributed by atoms with Crippen molar-refractivity contribution in [2.45, 2.75) is 26.3 Å². The van der Waals surface area contributed by atoms with Crippen molar-refractivity contribution >= 4 is 23.2 Å². The highest BCUT2D eigenvalue weighted by Gasteiger charge is 2.28. The Bertz CT molecular complexity index is 1050. The maximum absolute atomic E-state index is 13.6. The summed E-state index contributed by atoms with van der Waals surface area (Å²) in [5.41, 5.74) is 8.69. The lowest BCUT2D eigenvalue weighted by atomic mass is 10.0. The molecule has 1 atom stereocenters. The number of hydrogen-bond donors (Lipinski definition) is 1. The molecule has 2 aromatic carbocycles. The number of thiazole rings is 1. The number of primary amides is 1. The van der Waals surface area contributed by atoms with Gasteiger partial charge in [0, 0.05) is 17.5 Å². The fourth-order valence-corrected chi connectivity index (χ4v) is 4.14. The number of hydrogen-bond acceptors (Lipinski definition) is 4. The number of nitrogens with two attached hydrogens (primary N) is 1. The van der Waals surface area contributed by atoms with Gasteiger partial charge in [-0.25, -0.2) is 9.37 Å². The van der Waals surface area contributed by atoms with Crippen molar-refractivity contribution in [3.05, 3.63) is 75.4 Å². The molecule has 5 nitrogen and oxygen atoms in total. The van der Waals surface area contributed by atoms with Crippen LogP contribution in [-0.2, 0) is 16.0 Å². The molecule has 0 aliphatic carbocycles. The zero-order valence-electron chi connectivity index (χ0n) is 16.5. The van der Waals surface area contributed by atoms with Crippen molar-refractivity contribution in [1.82, 2.24) is 9.88 Å². The minimum absolute atomic E-state index is 0.0737. The molecule has 1 unspecified atom stereocenters. The van der Waals surface area contributed by atoms with Gasteiger partial charge >= 0.3 is 0 Å². The number of carbonyl (C=O) groups is 2. The first-order valence-corrected chi connectivity index (χ1v) is 9.91. The molecule has 1 aromatic heterocycles. The second kappa shape index (κ2) is 8.53. The summed E-state index contributed by atoms with van der Waals surface area (Å²) in [5, 5.41) is 0.850. The lowest BCUT2D eigenvalue weighted by Gasteiger charge is -2.26. The molecule has 2 amide bonds. The number of nitrogens with zero attached hydrogens (tertiary/aromatic N) is 2. The molecule has 150 valence electrons. The van der Waals surface area contributed by atoms with Crippen molar-refractivity contribution in [2.24, 2.45) is 5.73 Å². The SMILES string of the molecule is Cc1ccc(-c2nc(C)sc2CC(=O)N(C)C(C(N)=O)c2cccc(F)c2)cc1. The third kappa shape index (κ3) is 4.68. The van der Waals surface area contributed by atoms with Crippen molar-refractivity contribution in [1.29, 1.82) is 0 Å². The van der Waals surface area contributed by atoms with Crippen LogP contribution in [0.4, 0.5) is 4.39 Å². The zero-order chi connectivity index (χ0) is 21.1. The van der Waals surface area contributed by atoms with E-state index in [4.69, 9.17) is 5.73 Å². The molecule has 3 aromatic rings. The topological polar surface area (TPSA) is 76.3 Å². The summed E-state index contributed by atoms with van der Waals surface area (Å²) < 4.78 is 13.6. The van der Waals surface area contributed by atoms with E-state index in [1.807, 2.05) is 38.1 Å². The van der Waals surface area contributed by atoms with Crippen LogP contribution in [0.2, 0.25) is 0 Å². The Labute approximate surface area is 173 Å². The third-order valence-electron chi connectivity index (χ3n) is 4.66. The number of amides is 2. The van der Waals surface area contributed by atoms with E-state index in [1.54, 1.807) is 6.07 Å². The average molecular weight is 412 g/mol. The highest BCUT2D eigenvalue weighted by molar-refractivity contribution is 7.12. The van der Waals surface area contributed by atoms with Crippen LogP contribution in [0, 0.1) is 19.7 Å². The second-order valence-electron chi connectivity index (χ2n) is 6.91. The number of carbonyl (C=O) groups excluding carboxylic acids is 2. The van der Waals surface area contributed by atoms with Gasteiger partial charge in [-0.1, -0.05) is 42.0 Å². The number of benzene rings is 2. The maximum atomic E-state index is 13.6. The quantitative estimate of drug-likeness (QED) is 0.670. The molecule has 3 rings (SSSR count). The van der Waals surface area contributed by atoms with E-state index >= 15 is 0 Å². The Kier molecular flexibility index (Phi) is 6.08. The Morgan fingerprint density at radius 1 is 1.17 bits per heavy atom. The largest absolute Gasteiger partial charge is 0.368 e. The first-order valence-electron chi connectivity index (χ1n) is 9.10. The summed E-state index contributed by atoms with van der Waals surface area (Å²) in [6.07, 6.45) is 0.0737. The fraction of sp³-hybridized carbons (Fsp3) is 0.227. The number of rotatable bonds is 6. The fourth-order valence-electron chi connectivity index (χ4n) is 3.19. The van der Waals surface area contributed by atoms with Crippen LogP contribution in [0.3, 0.4) is 0 Å².